The van der Waals surface area contributed by atoms with Crippen LogP contribution in [0.5, 0.6) is 5.75 Å². The van der Waals surface area contributed by atoms with E-state index in [2.05, 4.69) is 20.8 Å². The average molecular weight is 359 g/mol. The first kappa shape index (κ1) is 17.0. The van der Waals surface area contributed by atoms with Crippen LogP contribution < -0.4 is 10.1 Å². The van der Waals surface area contributed by atoms with Crippen LogP contribution in [0.25, 0.3) is 0 Å². The molecule has 3 rings (SSSR count). The molecule has 0 saturated carbocycles. The predicted octanol–water partition coefficient (Wildman–Crippen LogP) is 1.60. The van der Waals surface area contributed by atoms with Crippen LogP contribution in [0.4, 0.5) is 0 Å². The zero-order valence-corrected chi connectivity index (χ0v) is 14.2. The SMILES string of the molecule is O=C(CSc1nnnn1Cc1ccco1)NCCOc1ccccc1. The fourth-order valence-corrected chi connectivity index (χ4v) is 2.71. The van der Waals surface area contributed by atoms with E-state index in [9.17, 15) is 4.79 Å². The number of aromatic nitrogens is 4. The molecule has 0 fully saturated rings. The number of hydrogen-bond acceptors (Lipinski definition) is 7. The highest BCUT2D eigenvalue weighted by Crippen LogP contribution is 2.14. The normalized spacial score (nSPS) is 10.6. The molecule has 8 nitrogen and oxygen atoms in total. The van der Waals surface area contributed by atoms with Crippen LogP contribution in [0.1, 0.15) is 5.76 Å². The van der Waals surface area contributed by atoms with Gasteiger partial charge in [-0.3, -0.25) is 4.79 Å². The van der Waals surface area contributed by atoms with Gasteiger partial charge in [-0.1, -0.05) is 30.0 Å². The largest absolute Gasteiger partial charge is 0.492 e. The van der Waals surface area contributed by atoms with Crippen molar-refractivity contribution in [3.8, 4) is 5.75 Å². The molecule has 1 aromatic carbocycles. The molecule has 3 aromatic rings. The highest BCUT2D eigenvalue weighted by atomic mass is 32.2. The van der Waals surface area contributed by atoms with Gasteiger partial charge < -0.3 is 14.5 Å². The number of carbonyl (C=O) groups excluding carboxylic acids is 1. The number of carbonyl (C=O) groups is 1. The highest BCUT2D eigenvalue weighted by molar-refractivity contribution is 7.99. The molecule has 0 unspecified atom stereocenters. The molecule has 1 amide bonds. The molecule has 130 valence electrons. The molecule has 0 aliphatic rings. The number of hydrogen-bond donors (Lipinski definition) is 1. The van der Waals surface area contributed by atoms with Crippen molar-refractivity contribution in [2.45, 2.75) is 11.7 Å². The summed E-state index contributed by atoms with van der Waals surface area (Å²) in [6.07, 6.45) is 1.59. The molecule has 2 aromatic heterocycles. The number of benzene rings is 1. The van der Waals surface area contributed by atoms with Crippen LogP contribution in [0.2, 0.25) is 0 Å². The quantitative estimate of drug-likeness (QED) is 0.458. The molecule has 25 heavy (non-hydrogen) atoms. The molecule has 0 saturated heterocycles. The number of ether oxygens (including phenoxy) is 1. The number of nitrogens with one attached hydrogen (secondary N) is 1. The van der Waals surface area contributed by atoms with Gasteiger partial charge in [0.1, 0.15) is 24.7 Å². The van der Waals surface area contributed by atoms with Crippen molar-refractivity contribution in [3.05, 3.63) is 54.5 Å². The molecular weight excluding hydrogens is 342 g/mol. The zero-order valence-electron chi connectivity index (χ0n) is 13.4. The molecule has 1 N–H and O–H groups in total. The summed E-state index contributed by atoms with van der Waals surface area (Å²) in [7, 11) is 0. The van der Waals surface area contributed by atoms with Gasteiger partial charge in [0.15, 0.2) is 0 Å². The smallest absolute Gasteiger partial charge is 0.230 e. The van der Waals surface area contributed by atoms with Gasteiger partial charge >= 0.3 is 0 Å². The van der Waals surface area contributed by atoms with Crippen molar-refractivity contribution in [1.82, 2.24) is 25.5 Å². The summed E-state index contributed by atoms with van der Waals surface area (Å²) in [6.45, 7) is 1.27. The lowest BCUT2D eigenvalue weighted by Gasteiger charge is -2.07. The van der Waals surface area contributed by atoms with Crippen molar-refractivity contribution in [2.75, 3.05) is 18.9 Å². The second-order valence-corrected chi connectivity index (χ2v) is 5.94. The Morgan fingerprint density at radius 3 is 2.92 bits per heavy atom. The Morgan fingerprint density at radius 2 is 2.12 bits per heavy atom. The van der Waals surface area contributed by atoms with E-state index in [1.165, 1.54) is 11.8 Å². The highest BCUT2D eigenvalue weighted by Gasteiger charge is 2.11. The molecular formula is C16H17N5O3S. The number of thioether (sulfide) groups is 1. The van der Waals surface area contributed by atoms with Crippen molar-refractivity contribution in [2.24, 2.45) is 0 Å². The lowest BCUT2D eigenvalue weighted by Crippen LogP contribution is -2.29. The van der Waals surface area contributed by atoms with E-state index in [0.717, 1.165) is 11.5 Å². The minimum atomic E-state index is -0.103. The van der Waals surface area contributed by atoms with E-state index in [0.29, 0.717) is 24.9 Å². The van der Waals surface area contributed by atoms with Crippen molar-refractivity contribution in [3.63, 3.8) is 0 Å². The standard InChI is InChI=1S/C16H17N5O3S/c22-15(17-8-10-24-13-5-2-1-3-6-13)12-25-16-18-19-20-21(16)11-14-7-4-9-23-14/h1-7,9H,8,10-12H2,(H,17,22). The van der Waals surface area contributed by atoms with Crippen LogP contribution >= 0.6 is 11.8 Å². The van der Waals surface area contributed by atoms with Crippen molar-refractivity contribution >= 4 is 17.7 Å². The summed E-state index contributed by atoms with van der Waals surface area (Å²) in [5, 5.41) is 14.8. The Balaban J connectivity index is 1.37. The Bertz CT molecular complexity index is 776. The molecule has 9 heteroatoms. The number of furan rings is 1. The van der Waals surface area contributed by atoms with E-state index in [-0.39, 0.29) is 11.7 Å². The summed E-state index contributed by atoms with van der Waals surface area (Å²) >= 11 is 1.27. The first-order chi connectivity index (χ1) is 12.3. The Labute approximate surface area is 148 Å². The first-order valence-corrected chi connectivity index (χ1v) is 8.66. The van der Waals surface area contributed by atoms with Crippen LogP contribution in [0.15, 0.2) is 58.3 Å². The fraction of sp³-hybridized carbons (Fsp3) is 0.250. The fourth-order valence-electron chi connectivity index (χ4n) is 2.01. The number of para-hydroxylation sites is 1. The molecule has 0 radical (unpaired) electrons. The summed E-state index contributed by atoms with van der Waals surface area (Å²) in [5.74, 6) is 1.65. The predicted molar refractivity (Wildman–Crippen MR) is 91.3 cm³/mol. The molecule has 0 bridgehead atoms. The van der Waals surface area contributed by atoms with Crippen molar-refractivity contribution < 1.29 is 13.9 Å². The van der Waals surface area contributed by atoms with Gasteiger partial charge in [-0.25, -0.2) is 4.68 Å². The van der Waals surface area contributed by atoms with E-state index in [1.807, 2.05) is 36.4 Å². The number of tetrazole rings is 1. The third kappa shape index (κ3) is 5.35. The minimum absolute atomic E-state index is 0.103. The summed E-state index contributed by atoms with van der Waals surface area (Å²) < 4.78 is 12.4. The summed E-state index contributed by atoms with van der Waals surface area (Å²) in [6, 6.07) is 13.1. The third-order valence-electron chi connectivity index (χ3n) is 3.15. The topological polar surface area (TPSA) is 95.1 Å². The van der Waals surface area contributed by atoms with Crippen LogP contribution in [-0.4, -0.2) is 45.0 Å². The third-order valence-corrected chi connectivity index (χ3v) is 4.11. The molecule has 0 spiro atoms. The van der Waals surface area contributed by atoms with E-state index in [4.69, 9.17) is 9.15 Å². The van der Waals surface area contributed by atoms with Crippen LogP contribution in [0, 0.1) is 0 Å². The lowest BCUT2D eigenvalue weighted by molar-refractivity contribution is -0.118. The van der Waals surface area contributed by atoms with Gasteiger partial charge in [0.05, 0.1) is 18.6 Å². The van der Waals surface area contributed by atoms with E-state index in [1.54, 1.807) is 17.0 Å². The van der Waals surface area contributed by atoms with Crippen molar-refractivity contribution in [1.29, 1.82) is 0 Å². The minimum Gasteiger partial charge on any atom is -0.492 e. The Kier molecular flexibility index (Phi) is 6.05. The molecule has 0 aliphatic carbocycles. The number of amides is 1. The average Bonchev–Trinajstić information content (AvgIpc) is 3.30. The van der Waals surface area contributed by atoms with Gasteiger partial charge in [0.25, 0.3) is 0 Å². The van der Waals surface area contributed by atoms with Crippen LogP contribution in [0.3, 0.4) is 0 Å². The number of nitrogens with zero attached hydrogens (tertiary/aromatic N) is 4. The van der Waals surface area contributed by atoms with Gasteiger partial charge in [0, 0.05) is 0 Å². The molecule has 0 aliphatic heterocycles. The maximum atomic E-state index is 11.9. The first-order valence-electron chi connectivity index (χ1n) is 7.67. The second kappa shape index (κ2) is 8.88. The Hall–Kier alpha value is -2.81. The monoisotopic (exact) mass is 359 g/mol. The van der Waals surface area contributed by atoms with E-state index >= 15 is 0 Å². The van der Waals surface area contributed by atoms with Crippen LogP contribution in [-0.2, 0) is 11.3 Å². The lowest BCUT2D eigenvalue weighted by atomic mass is 10.3. The van der Waals surface area contributed by atoms with Gasteiger partial charge in [-0.05, 0) is 34.7 Å². The summed E-state index contributed by atoms with van der Waals surface area (Å²) in [4.78, 5) is 11.9. The Morgan fingerprint density at radius 1 is 1.24 bits per heavy atom. The second-order valence-electron chi connectivity index (χ2n) is 5.00. The van der Waals surface area contributed by atoms with Gasteiger partial charge in [-0.2, -0.15) is 0 Å². The molecule has 2 heterocycles. The maximum Gasteiger partial charge on any atom is 0.230 e. The summed E-state index contributed by atoms with van der Waals surface area (Å²) in [5.41, 5.74) is 0. The maximum absolute atomic E-state index is 11.9. The zero-order chi connectivity index (χ0) is 17.3. The van der Waals surface area contributed by atoms with Gasteiger partial charge in [-0.15, -0.1) is 5.10 Å². The number of rotatable bonds is 9. The van der Waals surface area contributed by atoms with Gasteiger partial charge in [0.2, 0.25) is 11.1 Å². The molecule has 0 atom stereocenters. The van der Waals surface area contributed by atoms with E-state index < -0.39 is 0 Å².